The number of carbonyl (C=O) groups is 8. The first-order valence-electron chi connectivity index (χ1n) is 52.8. The van der Waals surface area contributed by atoms with E-state index in [2.05, 4.69) is 165 Å². The number of carbonyl (C=O) groups excluding carboxylic acids is 8. The molecule has 0 radical (unpaired) electrons. The number of morpholine rings is 2. The minimum atomic E-state index is -3.63. The van der Waals surface area contributed by atoms with Gasteiger partial charge in [0.25, 0.3) is 23.6 Å². The Morgan fingerprint density at radius 1 is 0.361 bits per heavy atom. The van der Waals surface area contributed by atoms with Crippen LogP contribution in [0.2, 0.25) is 0 Å². The maximum atomic E-state index is 13.4. The van der Waals surface area contributed by atoms with Crippen molar-refractivity contribution in [2.24, 2.45) is 23.2 Å². The summed E-state index contributed by atoms with van der Waals surface area (Å²) in [7, 11) is -10.3. The van der Waals surface area contributed by atoms with E-state index in [1.807, 2.05) is 53.4 Å². The monoisotopic (exact) mass is 2060 g/mol. The van der Waals surface area contributed by atoms with Gasteiger partial charge in [0.2, 0.25) is 23.6 Å². The highest BCUT2D eigenvalue weighted by atomic mass is 32.2. The van der Waals surface area contributed by atoms with Crippen LogP contribution in [-0.4, -0.2) is 230 Å². The number of halogens is 2. The quantitative estimate of drug-likeness (QED) is 0.0259. The molecule has 12 atom stereocenters. The van der Waals surface area contributed by atoms with Crippen molar-refractivity contribution in [3.8, 4) is 11.1 Å². The van der Waals surface area contributed by atoms with Gasteiger partial charge in [-0.25, -0.2) is 34.0 Å². The van der Waals surface area contributed by atoms with Gasteiger partial charge in [0, 0.05) is 74.6 Å². The van der Waals surface area contributed by atoms with E-state index in [-0.39, 0.29) is 76.3 Å². The zero-order chi connectivity index (χ0) is 104. The molecule has 0 unspecified atom stereocenters. The fourth-order valence-corrected chi connectivity index (χ4v) is 24.9. The normalized spacial score (nSPS) is 21.0. The van der Waals surface area contributed by atoms with Gasteiger partial charge in [0.05, 0.1) is 60.9 Å². The maximum absolute atomic E-state index is 13.4. The molecule has 147 heavy (non-hydrogen) atoms. The predicted molar refractivity (Wildman–Crippen MR) is 571 cm³/mol. The number of likely N-dealkylation sites (tertiary alicyclic amines) is 1. The largest absolute Gasteiger partial charge is 0.378 e. The average Bonchev–Trinajstić information content (AvgIpc) is 1.55. The summed E-state index contributed by atoms with van der Waals surface area (Å²) in [4.78, 5) is 111. The van der Waals surface area contributed by atoms with Crippen molar-refractivity contribution in [1.82, 2.24) is 40.9 Å². The van der Waals surface area contributed by atoms with Crippen LogP contribution in [0.25, 0.3) is 11.1 Å². The van der Waals surface area contributed by atoms with Crippen LogP contribution in [0.3, 0.4) is 0 Å². The lowest BCUT2D eigenvalue weighted by molar-refractivity contribution is -0.137. The zero-order valence-electron chi connectivity index (χ0n) is 85.7. The molecule has 8 aliphatic rings. The highest BCUT2D eigenvalue weighted by Gasteiger charge is 2.50. The van der Waals surface area contributed by atoms with Gasteiger partial charge in [0.15, 0.2) is 29.5 Å². The first kappa shape index (κ1) is 111. The molecule has 29 heteroatoms. The van der Waals surface area contributed by atoms with Crippen LogP contribution in [0.1, 0.15) is 251 Å². The van der Waals surface area contributed by atoms with Gasteiger partial charge < -0.3 is 50.3 Å². The SMILES string of the molecule is Cc1ccc([C@@H]2C[C@@]2(C)CCCS(=O)(=O)C[C@H](NC(=O)c2ccc(F)cc2)C(=O)N2CCOCC2)cc1.Cc1ccc([C@@H]2C[C@H]2CCCCC[C@H](NC(=O)c2ccc(-c3ccccc3)cc2)C(=O)N2CCCCC2)cc1.Cc1ccc([C@@H]2C[C@H]2CCCCC[C@H](NC(=O)c2ccccc2)C(=O)N2CCS(=O)(=O)CC2)cc1.Cc1ccc([C@@H]2C[C@H]2CCCS(=O)(=O)C[C@H](NC(=O)c2ccc(F)cc2)C(=O)N2CCOCC2)cc1. The zero-order valence-corrected chi connectivity index (χ0v) is 88.1. The standard InChI is InChI=1S/C35H42N2O2.C28H35FN2O5S.C28H36N2O4S.C27H33FN2O5S/c1-26-15-17-29(18-16-26)32-25-31(32)13-7-3-8-14-33(35(39)37-23-9-4-10-24-37)36-34(38)30-21-19-28(20-22-30)27-11-5-2-6-12-27;1-20-4-6-21(7-5-20)24-18-28(24,2)12-3-17-37(34,35)19-25(27(33)31-13-15-36-16-14-31)30-26(32)22-8-10-23(29)11-9-22;1-21-12-14-22(15-13-21)25-20-24(25)10-6-3-7-11-26(29-27(31)23-8-4-2-5-9-23)28(32)30-16-18-35(33,34)19-17-30;1-19-4-6-20(7-5-19)24-17-22(24)3-2-16-36(33,34)18-25(27(32)30-12-14-35-15-13-30)29-26(31)21-8-10-23(28)11-9-21/h2,5-6,11-12,15-22,31-33H,3-4,7-10,13-14,23-25H2,1H3,(H,36,38);4-11,24-25H,3,12-19H2,1-2H3,(H,30,32);2,4-5,8-9,12-15,24-26H,3,6-7,10-11,16-20H2,1H3,(H,29,31);4-11,22,24-25H,2-3,12-18H2,1H3,(H,29,31)/t31-,32+,33+;24-,25-,28+;24-,25+,26+;22-,24+,25+/m1011/s1. The summed E-state index contributed by atoms with van der Waals surface area (Å²) >= 11 is 0. The van der Waals surface area contributed by atoms with Gasteiger partial charge >= 0.3 is 0 Å². The van der Waals surface area contributed by atoms with E-state index in [9.17, 15) is 72.4 Å². The van der Waals surface area contributed by atoms with Crippen molar-refractivity contribution in [3.05, 3.63) is 309 Å². The Balaban J connectivity index is 0.000000155. The lowest BCUT2D eigenvalue weighted by Gasteiger charge is -2.31. The van der Waals surface area contributed by atoms with Crippen molar-refractivity contribution >= 4 is 76.8 Å². The molecule has 24 nitrogen and oxygen atoms in total. The van der Waals surface area contributed by atoms with Crippen LogP contribution >= 0.6 is 0 Å². The summed E-state index contributed by atoms with van der Waals surface area (Å²) in [5.74, 6) is -0.327. The second-order valence-corrected chi connectivity index (χ2v) is 48.5. The molecule has 4 N–H and O–H groups in total. The van der Waals surface area contributed by atoms with Crippen molar-refractivity contribution in [1.29, 1.82) is 0 Å². The van der Waals surface area contributed by atoms with Gasteiger partial charge in [0.1, 0.15) is 35.8 Å². The number of sulfone groups is 3. The summed E-state index contributed by atoms with van der Waals surface area (Å²) < 4.78 is 113. The molecular weight excluding hydrogens is 1920 g/mol. The molecule has 4 aliphatic heterocycles. The Bertz CT molecular complexity index is 6210. The van der Waals surface area contributed by atoms with E-state index in [1.165, 1.54) is 117 Å². The average molecular weight is 2070 g/mol. The molecule has 0 aromatic heterocycles. The van der Waals surface area contributed by atoms with E-state index in [4.69, 9.17) is 9.47 Å². The lowest BCUT2D eigenvalue weighted by Crippen LogP contribution is -2.54. The Morgan fingerprint density at radius 3 is 1.07 bits per heavy atom. The molecule has 0 spiro atoms. The number of unbranched alkanes of at least 4 members (excludes halogenated alkanes) is 4. The minimum Gasteiger partial charge on any atom is -0.378 e. The Labute approximate surface area is 867 Å². The second kappa shape index (κ2) is 53.0. The summed E-state index contributed by atoms with van der Waals surface area (Å²) in [6.07, 6.45) is 20.5. The van der Waals surface area contributed by atoms with Gasteiger partial charge in [-0.2, -0.15) is 0 Å². The second-order valence-electron chi connectivity index (χ2n) is 41.8. The van der Waals surface area contributed by atoms with Crippen LogP contribution in [0.4, 0.5) is 8.78 Å². The number of rotatable bonds is 41. The van der Waals surface area contributed by atoms with Crippen LogP contribution in [-0.2, 0) is 58.2 Å². The number of aryl methyl sites for hydroxylation is 4. The number of hydrogen-bond donors (Lipinski definition) is 4. The van der Waals surface area contributed by atoms with Crippen molar-refractivity contribution in [2.75, 3.05) is 113 Å². The number of piperidine rings is 1. The van der Waals surface area contributed by atoms with Gasteiger partial charge in [-0.1, -0.05) is 225 Å². The van der Waals surface area contributed by atoms with Gasteiger partial charge in [-0.05, 0) is 277 Å². The number of nitrogens with one attached hydrogen (secondary N) is 4. The highest BCUT2D eigenvalue weighted by molar-refractivity contribution is 7.92. The molecule has 4 aliphatic carbocycles. The number of benzene rings is 9. The summed E-state index contributed by atoms with van der Waals surface area (Å²) in [5, 5.41) is 11.2. The number of hydrogen-bond acceptors (Lipinski definition) is 16. The third-order valence-electron chi connectivity index (χ3n) is 30.2. The number of ether oxygens (including phenoxy) is 2. The molecule has 4 saturated carbocycles. The van der Waals surface area contributed by atoms with E-state index >= 15 is 0 Å². The fraction of sp³-hybridized carbons (Fsp3) is 0.475. The number of amides is 8. The van der Waals surface area contributed by atoms with E-state index < -0.39 is 100 Å². The molecule has 0 bridgehead atoms. The summed E-state index contributed by atoms with van der Waals surface area (Å²) in [6, 6.07) is 67.8. The summed E-state index contributed by atoms with van der Waals surface area (Å²) in [6.45, 7) is 15.3. The molecular formula is C118H146F2N8O16S3. The van der Waals surface area contributed by atoms with Crippen LogP contribution in [0.5, 0.6) is 0 Å². The molecule has 9 aromatic rings. The molecule has 4 heterocycles. The Morgan fingerprint density at radius 2 is 0.680 bits per heavy atom. The third kappa shape index (κ3) is 34.2. The molecule has 8 fully saturated rings. The van der Waals surface area contributed by atoms with Crippen molar-refractivity contribution < 1.29 is 81.9 Å². The molecule has 4 saturated heterocycles. The van der Waals surface area contributed by atoms with Crippen LogP contribution in [0, 0.1) is 62.5 Å². The maximum Gasteiger partial charge on any atom is 0.251 e. The molecule has 17 rings (SSSR count). The van der Waals surface area contributed by atoms with Crippen molar-refractivity contribution in [3.63, 3.8) is 0 Å². The number of nitrogens with zero attached hydrogens (tertiary/aromatic N) is 4. The van der Waals surface area contributed by atoms with E-state index in [1.54, 1.807) is 29.2 Å². The van der Waals surface area contributed by atoms with Gasteiger partial charge in [-0.15, -0.1) is 0 Å². The fourth-order valence-electron chi connectivity index (χ4n) is 20.7. The molecule has 786 valence electrons. The Kier molecular flexibility index (Phi) is 40.0. The lowest BCUT2D eigenvalue weighted by atomic mass is 9.96. The van der Waals surface area contributed by atoms with E-state index in [0.717, 1.165) is 137 Å². The Hall–Kier alpha value is -11.6. The molecule has 9 aromatic carbocycles. The molecule has 8 amide bonds. The predicted octanol–water partition coefficient (Wildman–Crippen LogP) is 18.2. The smallest absolute Gasteiger partial charge is 0.251 e. The third-order valence-corrected chi connectivity index (χ3v) is 35.3. The van der Waals surface area contributed by atoms with E-state index in [0.29, 0.717) is 113 Å². The minimum absolute atomic E-state index is 0.0123. The summed E-state index contributed by atoms with van der Waals surface area (Å²) in [5.41, 5.74) is 14.3. The van der Waals surface area contributed by atoms with Crippen molar-refractivity contribution in [2.45, 2.75) is 217 Å². The van der Waals surface area contributed by atoms with Crippen LogP contribution < -0.4 is 21.3 Å². The topological polar surface area (TPSA) is 319 Å². The van der Waals surface area contributed by atoms with Crippen LogP contribution in [0.15, 0.2) is 231 Å². The van der Waals surface area contributed by atoms with Gasteiger partial charge in [-0.3, -0.25) is 38.4 Å². The highest BCUT2D eigenvalue weighted by Crippen LogP contribution is 2.62. The first-order chi connectivity index (χ1) is 70.7. The first-order valence-corrected chi connectivity index (χ1v) is 58.3.